The molecule has 1 heterocycles. The molecule has 0 saturated heterocycles. The Morgan fingerprint density at radius 2 is 1.81 bits per heavy atom. The molecule has 1 aromatic rings. The van der Waals surface area contributed by atoms with Crippen molar-refractivity contribution in [3.8, 4) is 0 Å². The van der Waals surface area contributed by atoms with Crippen molar-refractivity contribution in [2.24, 2.45) is 17.8 Å². The first-order valence-corrected chi connectivity index (χ1v) is 8.38. The van der Waals surface area contributed by atoms with Crippen molar-refractivity contribution in [1.82, 2.24) is 10.6 Å². The standard InChI is InChI=1S/C16H26N2O2S/c1-11(2)13(12(3)4)10-18-15(19)7-8-17-16(20)14-6-5-9-21-14/h5-6,9,11-13H,7-8,10H2,1-4H3,(H,17,20)(H,18,19). The molecule has 0 aromatic carbocycles. The third-order valence-corrected chi connectivity index (χ3v) is 4.50. The number of carbonyl (C=O) groups is 2. The molecule has 1 aromatic heterocycles. The maximum Gasteiger partial charge on any atom is 0.261 e. The van der Waals surface area contributed by atoms with Crippen molar-refractivity contribution < 1.29 is 9.59 Å². The van der Waals surface area contributed by atoms with Crippen LogP contribution in [0.1, 0.15) is 43.8 Å². The maximum atomic E-state index is 11.8. The second-order valence-corrected chi connectivity index (χ2v) is 6.89. The normalized spacial score (nSPS) is 11.2. The molecule has 1 rings (SSSR count). The number of hydrogen-bond donors (Lipinski definition) is 2. The van der Waals surface area contributed by atoms with Crippen molar-refractivity contribution in [3.05, 3.63) is 22.4 Å². The molecular weight excluding hydrogens is 284 g/mol. The van der Waals surface area contributed by atoms with Crippen LogP contribution in [-0.2, 0) is 4.79 Å². The Bertz CT molecular complexity index is 433. The molecule has 0 radical (unpaired) electrons. The third-order valence-electron chi connectivity index (χ3n) is 3.63. The zero-order valence-corrected chi connectivity index (χ0v) is 14.1. The molecule has 0 bridgehead atoms. The molecule has 0 spiro atoms. The van der Waals surface area contributed by atoms with E-state index in [1.165, 1.54) is 11.3 Å². The van der Waals surface area contributed by atoms with Gasteiger partial charge in [-0.05, 0) is 29.2 Å². The van der Waals surface area contributed by atoms with E-state index in [1.54, 1.807) is 6.07 Å². The second-order valence-electron chi connectivity index (χ2n) is 5.94. The number of hydrogen-bond acceptors (Lipinski definition) is 3. The smallest absolute Gasteiger partial charge is 0.261 e. The lowest BCUT2D eigenvalue weighted by atomic mass is 9.85. The summed E-state index contributed by atoms with van der Waals surface area (Å²) in [5, 5.41) is 7.59. The van der Waals surface area contributed by atoms with Crippen molar-refractivity contribution in [2.75, 3.05) is 13.1 Å². The van der Waals surface area contributed by atoms with Crippen LogP contribution < -0.4 is 10.6 Å². The predicted molar refractivity (Wildman–Crippen MR) is 87.4 cm³/mol. The van der Waals surface area contributed by atoms with Gasteiger partial charge in [0, 0.05) is 19.5 Å². The lowest BCUT2D eigenvalue weighted by molar-refractivity contribution is -0.121. The van der Waals surface area contributed by atoms with E-state index in [0.717, 1.165) is 0 Å². The maximum absolute atomic E-state index is 11.8. The lowest BCUT2D eigenvalue weighted by Gasteiger charge is -2.25. The van der Waals surface area contributed by atoms with Gasteiger partial charge in [0.1, 0.15) is 0 Å². The van der Waals surface area contributed by atoms with Crippen molar-refractivity contribution >= 4 is 23.2 Å². The van der Waals surface area contributed by atoms with Crippen molar-refractivity contribution in [1.29, 1.82) is 0 Å². The molecule has 0 aliphatic rings. The van der Waals surface area contributed by atoms with E-state index in [0.29, 0.717) is 42.1 Å². The van der Waals surface area contributed by atoms with E-state index >= 15 is 0 Å². The summed E-state index contributed by atoms with van der Waals surface area (Å²) in [6, 6.07) is 3.61. The van der Waals surface area contributed by atoms with E-state index in [9.17, 15) is 9.59 Å². The van der Waals surface area contributed by atoms with Gasteiger partial charge in [-0.3, -0.25) is 9.59 Å². The highest BCUT2D eigenvalue weighted by molar-refractivity contribution is 7.12. The van der Waals surface area contributed by atoms with Crippen LogP contribution in [0.25, 0.3) is 0 Å². The lowest BCUT2D eigenvalue weighted by Crippen LogP contribution is -2.36. The molecule has 21 heavy (non-hydrogen) atoms. The first kappa shape index (κ1) is 17.7. The number of rotatable bonds is 8. The van der Waals surface area contributed by atoms with Crippen LogP contribution in [0.5, 0.6) is 0 Å². The summed E-state index contributed by atoms with van der Waals surface area (Å²) in [7, 11) is 0. The monoisotopic (exact) mass is 310 g/mol. The number of nitrogens with one attached hydrogen (secondary N) is 2. The van der Waals surface area contributed by atoms with Gasteiger partial charge in [-0.25, -0.2) is 0 Å². The first-order valence-electron chi connectivity index (χ1n) is 7.50. The topological polar surface area (TPSA) is 58.2 Å². The van der Waals surface area contributed by atoms with E-state index in [-0.39, 0.29) is 11.8 Å². The second kappa shape index (κ2) is 8.82. The fraction of sp³-hybridized carbons (Fsp3) is 0.625. The van der Waals surface area contributed by atoms with Crippen LogP contribution in [0.2, 0.25) is 0 Å². The molecule has 0 unspecified atom stereocenters. The Kier molecular flexibility index (Phi) is 7.43. The molecule has 4 nitrogen and oxygen atoms in total. The zero-order chi connectivity index (χ0) is 15.8. The molecule has 0 saturated carbocycles. The van der Waals surface area contributed by atoms with Crippen LogP contribution in [0.15, 0.2) is 17.5 Å². The van der Waals surface area contributed by atoms with Crippen LogP contribution in [0.3, 0.4) is 0 Å². The number of carbonyl (C=O) groups excluding carboxylic acids is 2. The third kappa shape index (κ3) is 6.29. The summed E-state index contributed by atoms with van der Waals surface area (Å²) in [6.07, 6.45) is 0.319. The van der Waals surface area contributed by atoms with Gasteiger partial charge in [-0.1, -0.05) is 33.8 Å². The molecular formula is C16H26N2O2S. The molecule has 118 valence electrons. The minimum Gasteiger partial charge on any atom is -0.356 e. The zero-order valence-electron chi connectivity index (χ0n) is 13.3. The summed E-state index contributed by atoms with van der Waals surface area (Å²) < 4.78 is 0. The number of amides is 2. The molecule has 0 fully saturated rings. The quantitative estimate of drug-likeness (QED) is 0.775. The van der Waals surface area contributed by atoms with Gasteiger partial charge < -0.3 is 10.6 Å². The van der Waals surface area contributed by atoms with E-state index in [4.69, 9.17) is 0 Å². The first-order chi connectivity index (χ1) is 9.91. The Morgan fingerprint density at radius 3 is 2.33 bits per heavy atom. The Morgan fingerprint density at radius 1 is 1.14 bits per heavy atom. The SMILES string of the molecule is CC(C)C(CNC(=O)CCNC(=O)c1cccs1)C(C)C. The van der Waals surface area contributed by atoms with Crippen LogP contribution in [0.4, 0.5) is 0 Å². The minimum atomic E-state index is -0.111. The van der Waals surface area contributed by atoms with E-state index < -0.39 is 0 Å². The Balaban J connectivity index is 2.23. The largest absolute Gasteiger partial charge is 0.356 e. The van der Waals surface area contributed by atoms with Gasteiger partial charge in [-0.2, -0.15) is 0 Å². The minimum absolute atomic E-state index is 0.00669. The molecule has 0 aliphatic heterocycles. The summed E-state index contributed by atoms with van der Waals surface area (Å²) in [4.78, 5) is 24.2. The van der Waals surface area contributed by atoms with Crippen LogP contribution >= 0.6 is 11.3 Å². The van der Waals surface area contributed by atoms with Crippen molar-refractivity contribution in [3.63, 3.8) is 0 Å². The van der Waals surface area contributed by atoms with Crippen LogP contribution in [-0.4, -0.2) is 24.9 Å². The Labute approximate surface area is 131 Å². The number of thiophene rings is 1. The van der Waals surface area contributed by atoms with E-state index in [2.05, 4.69) is 38.3 Å². The van der Waals surface area contributed by atoms with Gasteiger partial charge in [-0.15, -0.1) is 11.3 Å². The van der Waals surface area contributed by atoms with E-state index in [1.807, 2.05) is 11.4 Å². The molecule has 5 heteroatoms. The summed E-state index contributed by atoms with van der Waals surface area (Å²) >= 11 is 1.40. The highest BCUT2D eigenvalue weighted by atomic mass is 32.1. The fourth-order valence-electron chi connectivity index (χ4n) is 2.35. The highest BCUT2D eigenvalue weighted by Gasteiger charge is 2.18. The predicted octanol–water partition coefficient (Wildman–Crippen LogP) is 2.91. The fourth-order valence-corrected chi connectivity index (χ4v) is 2.99. The Hall–Kier alpha value is -1.36. The summed E-state index contributed by atoms with van der Waals surface area (Å²) in [5.41, 5.74) is 0. The average Bonchev–Trinajstić information content (AvgIpc) is 2.91. The highest BCUT2D eigenvalue weighted by Crippen LogP contribution is 2.19. The van der Waals surface area contributed by atoms with Gasteiger partial charge in [0.15, 0.2) is 0 Å². The summed E-state index contributed by atoms with van der Waals surface area (Å²) in [5.74, 6) is 1.45. The molecule has 0 aliphatic carbocycles. The van der Waals surface area contributed by atoms with Gasteiger partial charge in [0.25, 0.3) is 5.91 Å². The van der Waals surface area contributed by atoms with Gasteiger partial charge in [0.05, 0.1) is 4.88 Å². The van der Waals surface area contributed by atoms with Crippen LogP contribution in [0, 0.1) is 17.8 Å². The molecule has 2 amide bonds. The van der Waals surface area contributed by atoms with Crippen molar-refractivity contribution in [2.45, 2.75) is 34.1 Å². The average molecular weight is 310 g/mol. The van der Waals surface area contributed by atoms with Gasteiger partial charge >= 0.3 is 0 Å². The molecule has 2 N–H and O–H groups in total. The summed E-state index contributed by atoms with van der Waals surface area (Å²) in [6.45, 7) is 9.79. The van der Waals surface area contributed by atoms with Gasteiger partial charge in [0.2, 0.25) is 5.91 Å². The molecule has 0 atom stereocenters.